The van der Waals surface area contributed by atoms with Gasteiger partial charge >= 0.3 is 5.97 Å². The number of nitrogens with zero attached hydrogens (tertiary/aromatic N) is 1. The molecular weight excluding hydrogens is 286 g/mol. The fourth-order valence-corrected chi connectivity index (χ4v) is 3.48. The molecule has 2 fully saturated rings. The van der Waals surface area contributed by atoms with Crippen LogP contribution in [-0.4, -0.2) is 61.4 Å². The van der Waals surface area contributed by atoms with Crippen molar-refractivity contribution >= 4 is 28.9 Å². The SMILES string of the molecule is COC(=O)C1CC(OC)(OC)C1C(=O)N1CCSC1=O. The van der Waals surface area contributed by atoms with Gasteiger partial charge in [-0.2, -0.15) is 0 Å². The Hall–Kier alpha value is -1.12. The van der Waals surface area contributed by atoms with Gasteiger partial charge in [0.25, 0.3) is 5.24 Å². The van der Waals surface area contributed by atoms with E-state index in [4.69, 9.17) is 14.2 Å². The lowest BCUT2D eigenvalue weighted by Crippen LogP contribution is -2.64. The number of ether oxygens (including phenoxy) is 3. The van der Waals surface area contributed by atoms with Gasteiger partial charge in [0.1, 0.15) is 5.92 Å². The van der Waals surface area contributed by atoms with E-state index in [1.165, 1.54) is 21.3 Å². The summed E-state index contributed by atoms with van der Waals surface area (Å²) < 4.78 is 15.3. The number of hydrogen-bond donors (Lipinski definition) is 0. The lowest BCUT2D eigenvalue weighted by atomic mass is 9.66. The number of carbonyl (C=O) groups is 3. The number of hydrogen-bond acceptors (Lipinski definition) is 7. The van der Waals surface area contributed by atoms with Crippen molar-refractivity contribution in [3.8, 4) is 0 Å². The molecule has 0 bridgehead atoms. The molecule has 2 unspecified atom stereocenters. The molecule has 0 spiro atoms. The third kappa shape index (κ3) is 2.21. The zero-order valence-electron chi connectivity index (χ0n) is 11.6. The molecule has 1 aliphatic heterocycles. The molecule has 1 saturated carbocycles. The third-order valence-electron chi connectivity index (χ3n) is 3.87. The smallest absolute Gasteiger partial charge is 0.309 e. The van der Waals surface area contributed by atoms with Crippen LogP contribution in [0.15, 0.2) is 0 Å². The van der Waals surface area contributed by atoms with Crippen molar-refractivity contribution in [2.75, 3.05) is 33.6 Å². The molecule has 2 rings (SSSR count). The van der Waals surface area contributed by atoms with Crippen LogP contribution in [0.2, 0.25) is 0 Å². The Morgan fingerprint density at radius 2 is 1.95 bits per heavy atom. The van der Waals surface area contributed by atoms with E-state index < -0.39 is 29.5 Å². The highest BCUT2D eigenvalue weighted by Crippen LogP contribution is 2.49. The summed E-state index contributed by atoms with van der Waals surface area (Å²) in [6.45, 7) is 0.343. The Bertz CT molecular complexity index is 436. The second-order valence-corrected chi connectivity index (χ2v) is 5.68. The van der Waals surface area contributed by atoms with Crippen LogP contribution < -0.4 is 0 Å². The van der Waals surface area contributed by atoms with E-state index in [0.29, 0.717) is 12.3 Å². The first kappa shape index (κ1) is 15.3. The molecule has 1 heterocycles. The minimum Gasteiger partial charge on any atom is -0.469 e. The van der Waals surface area contributed by atoms with E-state index >= 15 is 0 Å². The van der Waals surface area contributed by atoms with Crippen molar-refractivity contribution in [1.82, 2.24) is 4.90 Å². The average molecular weight is 303 g/mol. The molecule has 20 heavy (non-hydrogen) atoms. The van der Waals surface area contributed by atoms with Gasteiger partial charge in [-0.25, -0.2) is 0 Å². The van der Waals surface area contributed by atoms with Gasteiger partial charge in [0, 0.05) is 32.9 Å². The van der Waals surface area contributed by atoms with E-state index in [9.17, 15) is 14.4 Å². The van der Waals surface area contributed by atoms with Gasteiger partial charge in [0.05, 0.1) is 13.0 Å². The molecule has 0 radical (unpaired) electrons. The Kier molecular flexibility index (Phi) is 4.36. The Labute approximate surface area is 120 Å². The van der Waals surface area contributed by atoms with Crippen LogP contribution in [0.4, 0.5) is 4.79 Å². The summed E-state index contributed by atoms with van der Waals surface area (Å²) in [5.74, 6) is -3.03. The maximum absolute atomic E-state index is 12.5. The second kappa shape index (κ2) is 5.71. The monoisotopic (exact) mass is 303 g/mol. The van der Waals surface area contributed by atoms with Crippen LogP contribution in [0.3, 0.4) is 0 Å². The van der Waals surface area contributed by atoms with Gasteiger partial charge in [-0.3, -0.25) is 19.3 Å². The maximum Gasteiger partial charge on any atom is 0.309 e. The molecule has 2 atom stereocenters. The topological polar surface area (TPSA) is 82.1 Å². The number of esters is 1. The van der Waals surface area contributed by atoms with Crippen molar-refractivity contribution in [3.05, 3.63) is 0 Å². The lowest BCUT2D eigenvalue weighted by molar-refractivity contribution is -0.301. The van der Waals surface area contributed by atoms with E-state index in [1.54, 1.807) is 0 Å². The van der Waals surface area contributed by atoms with Crippen molar-refractivity contribution in [2.24, 2.45) is 11.8 Å². The largest absolute Gasteiger partial charge is 0.469 e. The predicted molar refractivity (Wildman–Crippen MR) is 69.9 cm³/mol. The number of thioether (sulfide) groups is 1. The fraction of sp³-hybridized carbons (Fsp3) is 0.750. The van der Waals surface area contributed by atoms with Crippen molar-refractivity contribution < 1.29 is 28.6 Å². The highest BCUT2D eigenvalue weighted by Gasteiger charge is 2.63. The minimum atomic E-state index is -1.16. The van der Waals surface area contributed by atoms with Crippen LogP contribution >= 0.6 is 11.8 Å². The van der Waals surface area contributed by atoms with Gasteiger partial charge in [-0.15, -0.1) is 0 Å². The van der Waals surface area contributed by atoms with Crippen LogP contribution in [0.5, 0.6) is 0 Å². The zero-order chi connectivity index (χ0) is 14.9. The number of amides is 2. The second-order valence-electron chi connectivity index (χ2n) is 4.64. The summed E-state index contributed by atoms with van der Waals surface area (Å²) in [4.78, 5) is 37.1. The van der Waals surface area contributed by atoms with Gasteiger partial charge in [0.15, 0.2) is 5.79 Å². The van der Waals surface area contributed by atoms with Crippen LogP contribution in [0, 0.1) is 11.8 Å². The highest BCUT2D eigenvalue weighted by atomic mass is 32.2. The summed E-state index contributed by atoms with van der Waals surface area (Å²) in [6.07, 6.45) is 0.234. The van der Waals surface area contributed by atoms with Gasteiger partial charge in [-0.1, -0.05) is 11.8 Å². The van der Waals surface area contributed by atoms with Crippen molar-refractivity contribution in [3.63, 3.8) is 0 Å². The van der Waals surface area contributed by atoms with Crippen molar-refractivity contribution in [1.29, 1.82) is 0 Å². The van der Waals surface area contributed by atoms with E-state index in [2.05, 4.69) is 0 Å². The van der Waals surface area contributed by atoms with E-state index in [-0.39, 0.29) is 11.7 Å². The summed E-state index contributed by atoms with van der Waals surface area (Å²) in [5.41, 5.74) is 0. The summed E-state index contributed by atoms with van der Waals surface area (Å²) in [5, 5.41) is -0.299. The van der Waals surface area contributed by atoms with Crippen molar-refractivity contribution in [2.45, 2.75) is 12.2 Å². The summed E-state index contributed by atoms with van der Waals surface area (Å²) >= 11 is 1.08. The molecule has 1 aliphatic carbocycles. The number of methoxy groups -OCH3 is 3. The van der Waals surface area contributed by atoms with Gasteiger partial charge < -0.3 is 14.2 Å². The van der Waals surface area contributed by atoms with E-state index in [1.807, 2.05) is 0 Å². The normalized spacial score (nSPS) is 28.1. The zero-order valence-corrected chi connectivity index (χ0v) is 12.4. The molecule has 0 aromatic rings. The first-order chi connectivity index (χ1) is 9.50. The molecule has 0 aromatic heterocycles. The number of rotatable bonds is 4. The first-order valence-corrected chi connectivity index (χ1v) is 7.15. The molecule has 0 aromatic carbocycles. The molecule has 8 heteroatoms. The van der Waals surface area contributed by atoms with Crippen LogP contribution in [0.1, 0.15) is 6.42 Å². The summed E-state index contributed by atoms with van der Waals surface area (Å²) in [7, 11) is 4.09. The Morgan fingerprint density at radius 3 is 2.40 bits per heavy atom. The summed E-state index contributed by atoms with van der Waals surface area (Å²) in [6, 6.07) is 0. The van der Waals surface area contributed by atoms with Gasteiger partial charge in [-0.05, 0) is 0 Å². The number of carbonyl (C=O) groups excluding carboxylic acids is 3. The van der Waals surface area contributed by atoms with Crippen LogP contribution in [-0.2, 0) is 23.8 Å². The number of imide groups is 1. The van der Waals surface area contributed by atoms with E-state index in [0.717, 1.165) is 16.7 Å². The molecule has 7 nitrogen and oxygen atoms in total. The third-order valence-corrected chi connectivity index (χ3v) is 4.72. The highest BCUT2D eigenvalue weighted by molar-refractivity contribution is 8.13. The minimum absolute atomic E-state index is 0.234. The molecular formula is C12H17NO6S. The molecule has 112 valence electrons. The van der Waals surface area contributed by atoms with Gasteiger partial charge in [0.2, 0.25) is 5.91 Å². The quantitative estimate of drug-likeness (QED) is 0.552. The maximum atomic E-state index is 12.5. The standard InChI is InChI=1S/C12H17NO6S/c1-17-10(15)7-6-12(18-2,19-3)8(7)9(14)13-4-5-20-11(13)16/h7-8H,4-6H2,1-3H3. The first-order valence-electron chi connectivity index (χ1n) is 6.17. The lowest BCUT2D eigenvalue weighted by Gasteiger charge is -2.50. The average Bonchev–Trinajstić information content (AvgIpc) is 2.85. The predicted octanol–water partition coefficient (Wildman–Crippen LogP) is 0.480. The molecule has 1 saturated heterocycles. The molecule has 2 amide bonds. The Balaban J connectivity index is 2.24. The Morgan fingerprint density at radius 1 is 1.30 bits per heavy atom. The van der Waals surface area contributed by atoms with Crippen LogP contribution in [0.25, 0.3) is 0 Å². The molecule has 0 N–H and O–H groups in total. The molecule has 2 aliphatic rings. The fourth-order valence-electron chi connectivity index (χ4n) is 2.69.